The molecule has 0 saturated carbocycles. The van der Waals surface area contributed by atoms with Crippen molar-refractivity contribution in [2.45, 2.75) is 60.3 Å². The van der Waals surface area contributed by atoms with Crippen LogP contribution in [0.15, 0.2) is 120 Å². The van der Waals surface area contributed by atoms with Crippen LogP contribution in [-0.4, -0.2) is 0 Å². The lowest BCUT2D eigenvalue weighted by atomic mass is 9.92. The van der Waals surface area contributed by atoms with E-state index in [9.17, 15) is 0 Å². The Balaban J connectivity index is 1.90. The smallest absolute Gasteiger partial charge is 0.0683 e. The Morgan fingerprint density at radius 3 is 1.55 bits per heavy atom. The van der Waals surface area contributed by atoms with Gasteiger partial charge in [-0.15, -0.1) is 0 Å². The Labute approximate surface area is 252 Å². The summed E-state index contributed by atoms with van der Waals surface area (Å²) < 4.78 is 5.93. The van der Waals surface area contributed by atoms with Gasteiger partial charge in [0, 0.05) is 27.3 Å². The van der Waals surface area contributed by atoms with E-state index in [2.05, 4.69) is 169 Å². The summed E-state index contributed by atoms with van der Waals surface area (Å²) in [6, 6.07) is 42.0. The second-order valence-electron chi connectivity index (χ2n) is 11.9. The number of benzene rings is 5. The Hall–Kier alpha value is -3.87. The van der Waals surface area contributed by atoms with E-state index in [0.717, 1.165) is 11.4 Å². The van der Waals surface area contributed by atoms with Gasteiger partial charge in [0.1, 0.15) is 0 Å². The zero-order valence-electron chi connectivity index (χ0n) is 26.0. The van der Waals surface area contributed by atoms with Crippen LogP contribution in [-0.2, 0) is 0 Å². The maximum absolute atomic E-state index is 5.93. The van der Waals surface area contributed by atoms with Crippen LogP contribution in [0.4, 0.5) is 17.1 Å². The molecule has 5 aromatic carbocycles. The summed E-state index contributed by atoms with van der Waals surface area (Å²) in [6.07, 6.45) is 0. The van der Waals surface area contributed by atoms with Crippen LogP contribution in [0.1, 0.15) is 67.3 Å². The largest absolute Gasteiger partial charge is 0.354 e. The van der Waals surface area contributed by atoms with Gasteiger partial charge in [-0.1, -0.05) is 142 Å². The summed E-state index contributed by atoms with van der Waals surface area (Å²) >= 11 is 0. The average molecular weight is 571 g/mol. The molecule has 0 aliphatic heterocycles. The molecule has 2 nitrogen and oxygen atoms in total. The number of nitrogens with one attached hydrogen (secondary N) is 1. The van der Waals surface area contributed by atoms with E-state index in [4.69, 9.17) is 4.74 Å². The molecular formula is C39H43N2P. The lowest BCUT2D eigenvalue weighted by Crippen LogP contribution is -2.27. The molecule has 0 amide bonds. The topological polar surface area (TPSA) is 24.4 Å². The quantitative estimate of drug-likeness (QED) is 0.184. The third-order valence-corrected chi connectivity index (χ3v) is 11.7. The number of rotatable bonds is 8. The van der Waals surface area contributed by atoms with Crippen LogP contribution in [0.5, 0.6) is 0 Å². The lowest BCUT2D eigenvalue weighted by Gasteiger charge is -2.31. The maximum Gasteiger partial charge on any atom is 0.0683 e. The molecule has 0 aliphatic rings. The fraction of sp³-hybridized carbons (Fsp3) is 0.231. The van der Waals surface area contributed by atoms with Gasteiger partial charge in [0.25, 0.3) is 0 Å². The summed E-state index contributed by atoms with van der Waals surface area (Å²) in [5.74, 6) is 0.785. The second kappa shape index (κ2) is 12.6. The maximum atomic E-state index is 5.93. The van der Waals surface area contributed by atoms with Crippen molar-refractivity contribution in [3.05, 3.63) is 143 Å². The van der Waals surface area contributed by atoms with Crippen LogP contribution in [0.2, 0.25) is 0 Å². The van der Waals surface area contributed by atoms with E-state index in [1.54, 1.807) is 0 Å². The number of aryl methyl sites for hydroxylation is 3. The van der Waals surface area contributed by atoms with E-state index >= 15 is 0 Å². The van der Waals surface area contributed by atoms with Crippen LogP contribution in [0.25, 0.3) is 0 Å². The van der Waals surface area contributed by atoms with Gasteiger partial charge in [0.2, 0.25) is 0 Å². The molecule has 0 spiro atoms. The van der Waals surface area contributed by atoms with Gasteiger partial charge < -0.3 is 5.32 Å². The molecule has 0 aliphatic carbocycles. The number of hydrogen-bond acceptors (Lipinski definition) is 2. The SMILES string of the molecule is Cc1cc(C)c(N=P(c2ccccc2)(c2ccccc2)c2ccccc2Nc2c(C(C)C)cccc2C(C)C)c(C)c1. The molecule has 0 fully saturated rings. The van der Waals surface area contributed by atoms with Crippen LogP contribution >= 0.6 is 7.05 Å². The first kappa shape index (κ1) is 29.6. The summed E-state index contributed by atoms with van der Waals surface area (Å²) in [5, 5.41) is 7.72. The zero-order valence-corrected chi connectivity index (χ0v) is 26.9. The monoisotopic (exact) mass is 570 g/mol. The standard InChI is InChI=1S/C39H43N2P/c1-27(2)34-21-16-22-35(28(3)4)39(34)40-36-23-14-15-24-37(36)42(32-17-10-8-11-18-32,33-19-12-9-13-20-33)41-38-30(6)25-29(5)26-31(38)7/h8-28,40H,1-7H3. The van der Waals surface area contributed by atoms with Crippen molar-refractivity contribution >= 4 is 40.0 Å². The van der Waals surface area contributed by atoms with E-state index in [1.165, 1.54) is 49.4 Å². The summed E-state index contributed by atoms with van der Waals surface area (Å²) in [6.45, 7) is 15.7. The minimum Gasteiger partial charge on any atom is -0.354 e. The fourth-order valence-corrected chi connectivity index (χ4v) is 9.85. The van der Waals surface area contributed by atoms with Crippen molar-refractivity contribution < 1.29 is 0 Å². The molecule has 0 heterocycles. The predicted molar refractivity (Wildman–Crippen MR) is 186 cm³/mol. The van der Waals surface area contributed by atoms with Gasteiger partial charge in [-0.3, -0.25) is 4.74 Å². The van der Waals surface area contributed by atoms with Gasteiger partial charge >= 0.3 is 0 Å². The Morgan fingerprint density at radius 2 is 1.05 bits per heavy atom. The van der Waals surface area contributed by atoms with Crippen LogP contribution in [0.3, 0.4) is 0 Å². The third kappa shape index (κ3) is 5.74. The molecule has 5 aromatic rings. The molecule has 1 N–H and O–H groups in total. The predicted octanol–water partition coefficient (Wildman–Crippen LogP) is 10.4. The number of anilines is 2. The molecule has 0 radical (unpaired) electrons. The van der Waals surface area contributed by atoms with E-state index in [0.29, 0.717) is 11.8 Å². The molecule has 0 bridgehead atoms. The second-order valence-corrected chi connectivity index (χ2v) is 14.9. The highest BCUT2D eigenvalue weighted by Crippen LogP contribution is 2.52. The summed E-state index contributed by atoms with van der Waals surface area (Å²) in [4.78, 5) is 0. The first-order valence-corrected chi connectivity index (χ1v) is 16.8. The lowest BCUT2D eigenvalue weighted by molar-refractivity contribution is 0.838. The molecule has 0 saturated heterocycles. The van der Waals surface area contributed by atoms with Crippen molar-refractivity contribution in [3.8, 4) is 0 Å². The zero-order chi connectivity index (χ0) is 29.9. The van der Waals surface area contributed by atoms with Gasteiger partial charge in [-0.2, -0.15) is 0 Å². The van der Waals surface area contributed by atoms with Crippen LogP contribution in [0, 0.1) is 20.8 Å². The van der Waals surface area contributed by atoms with Gasteiger partial charge in [-0.05, 0) is 60.9 Å². The molecule has 0 atom stereocenters. The molecule has 3 heteroatoms. The van der Waals surface area contributed by atoms with Crippen molar-refractivity contribution in [1.82, 2.24) is 0 Å². The van der Waals surface area contributed by atoms with Crippen molar-refractivity contribution in [3.63, 3.8) is 0 Å². The minimum absolute atomic E-state index is 0.392. The number of para-hydroxylation sites is 2. The Bertz CT molecular complexity index is 1640. The Morgan fingerprint density at radius 1 is 0.571 bits per heavy atom. The molecule has 0 aromatic heterocycles. The molecule has 5 rings (SSSR count). The molecule has 214 valence electrons. The van der Waals surface area contributed by atoms with E-state index in [1.807, 2.05) is 0 Å². The third-order valence-electron chi connectivity index (χ3n) is 8.03. The van der Waals surface area contributed by atoms with Crippen molar-refractivity contribution in [1.29, 1.82) is 0 Å². The van der Waals surface area contributed by atoms with Gasteiger partial charge in [-0.25, -0.2) is 0 Å². The van der Waals surface area contributed by atoms with Crippen molar-refractivity contribution in [2.24, 2.45) is 4.74 Å². The highest BCUT2D eigenvalue weighted by atomic mass is 31.2. The van der Waals surface area contributed by atoms with E-state index in [-0.39, 0.29) is 0 Å². The number of nitrogens with zero attached hydrogens (tertiary/aromatic N) is 1. The average Bonchev–Trinajstić information content (AvgIpc) is 2.98. The minimum atomic E-state index is -2.53. The highest BCUT2D eigenvalue weighted by molar-refractivity contribution is 7.87. The molecule has 42 heavy (non-hydrogen) atoms. The van der Waals surface area contributed by atoms with Crippen LogP contribution < -0.4 is 21.2 Å². The number of hydrogen-bond donors (Lipinski definition) is 1. The van der Waals surface area contributed by atoms with Crippen molar-refractivity contribution in [2.75, 3.05) is 5.32 Å². The van der Waals surface area contributed by atoms with Gasteiger partial charge in [0.15, 0.2) is 0 Å². The highest BCUT2D eigenvalue weighted by Gasteiger charge is 2.31. The fourth-order valence-electron chi connectivity index (χ4n) is 6.06. The summed E-state index contributed by atoms with van der Waals surface area (Å²) in [7, 11) is -2.53. The summed E-state index contributed by atoms with van der Waals surface area (Å²) in [5.41, 5.74) is 9.77. The van der Waals surface area contributed by atoms with E-state index < -0.39 is 7.05 Å². The first-order chi connectivity index (χ1) is 20.2. The normalized spacial score (nSPS) is 11.6. The van der Waals surface area contributed by atoms with Gasteiger partial charge in [0.05, 0.1) is 12.7 Å². The molecule has 0 unspecified atom stereocenters. The Kier molecular flexibility index (Phi) is 8.85. The first-order valence-electron chi connectivity index (χ1n) is 15.0. The molecular weight excluding hydrogens is 527 g/mol.